The third kappa shape index (κ3) is 4.68. The minimum absolute atomic E-state index is 0.0479. The number of para-hydroxylation sites is 1. The van der Waals surface area contributed by atoms with Crippen molar-refractivity contribution < 1.29 is 14.3 Å². The van der Waals surface area contributed by atoms with Crippen molar-refractivity contribution in [3.05, 3.63) is 64.7 Å². The molecule has 2 rings (SSSR count). The molecular formula is C16H14ClN3O3S. The summed E-state index contributed by atoms with van der Waals surface area (Å²) < 4.78 is 5.11. The Labute approximate surface area is 149 Å². The number of thiocarbonyl (C=S) groups is 1. The maximum absolute atomic E-state index is 12.1. The molecule has 0 aliphatic heterocycles. The van der Waals surface area contributed by atoms with Crippen LogP contribution in [-0.4, -0.2) is 24.0 Å². The molecule has 2 amide bonds. The Morgan fingerprint density at radius 2 is 1.67 bits per heavy atom. The SMILES string of the molecule is COc1ccccc1C(=O)NC(=S)NNC(=O)c1ccc(Cl)cc1. The number of hydrazine groups is 1. The van der Waals surface area contributed by atoms with E-state index >= 15 is 0 Å². The van der Waals surface area contributed by atoms with E-state index in [9.17, 15) is 9.59 Å². The van der Waals surface area contributed by atoms with Crippen molar-refractivity contribution in [2.24, 2.45) is 0 Å². The summed E-state index contributed by atoms with van der Waals surface area (Å²) in [5.41, 5.74) is 5.57. The number of hydrogen-bond donors (Lipinski definition) is 3. The molecule has 24 heavy (non-hydrogen) atoms. The lowest BCUT2D eigenvalue weighted by Gasteiger charge is -2.12. The third-order valence-electron chi connectivity index (χ3n) is 2.97. The van der Waals surface area contributed by atoms with Crippen molar-refractivity contribution in [2.45, 2.75) is 0 Å². The van der Waals surface area contributed by atoms with Gasteiger partial charge in [0.25, 0.3) is 11.8 Å². The van der Waals surface area contributed by atoms with Crippen LogP contribution >= 0.6 is 23.8 Å². The van der Waals surface area contributed by atoms with E-state index in [1.807, 2.05) is 0 Å². The molecule has 0 aliphatic rings. The summed E-state index contributed by atoms with van der Waals surface area (Å²) in [6.45, 7) is 0. The lowest BCUT2D eigenvalue weighted by atomic mass is 10.2. The molecule has 6 nitrogen and oxygen atoms in total. The highest BCUT2D eigenvalue weighted by Gasteiger charge is 2.13. The van der Waals surface area contributed by atoms with Crippen molar-refractivity contribution in [1.82, 2.24) is 16.2 Å². The molecule has 2 aromatic rings. The number of benzene rings is 2. The summed E-state index contributed by atoms with van der Waals surface area (Å²) in [6.07, 6.45) is 0. The zero-order chi connectivity index (χ0) is 17.5. The van der Waals surface area contributed by atoms with Gasteiger partial charge in [0.05, 0.1) is 12.7 Å². The van der Waals surface area contributed by atoms with Crippen LogP contribution in [0.3, 0.4) is 0 Å². The molecule has 0 unspecified atom stereocenters. The fraction of sp³-hybridized carbons (Fsp3) is 0.0625. The fourth-order valence-electron chi connectivity index (χ4n) is 1.82. The van der Waals surface area contributed by atoms with Crippen molar-refractivity contribution in [3.63, 3.8) is 0 Å². The second-order valence-corrected chi connectivity index (χ2v) is 5.41. The predicted molar refractivity (Wildman–Crippen MR) is 95.1 cm³/mol. The normalized spacial score (nSPS) is 9.75. The maximum Gasteiger partial charge on any atom is 0.269 e. The van der Waals surface area contributed by atoms with Crippen molar-refractivity contribution in [2.75, 3.05) is 7.11 Å². The van der Waals surface area contributed by atoms with Gasteiger partial charge >= 0.3 is 0 Å². The highest BCUT2D eigenvalue weighted by molar-refractivity contribution is 7.80. The van der Waals surface area contributed by atoms with Gasteiger partial charge in [0.1, 0.15) is 5.75 Å². The zero-order valence-corrected chi connectivity index (χ0v) is 14.2. The van der Waals surface area contributed by atoms with Gasteiger partial charge in [0.2, 0.25) is 0 Å². The predicted octanol–water partition coefficient (Wildman–Crippen LogP) is 2.30. The number of amides is 2. The molecule has 8 heteroatoms. The molecule has 0 spiro atoms. The summed E-state index contributed by atoms with van der Waals surface area (Å²) >= 11 is 10.7. The first-order valence-electron chi connectivity index (χ1n) is 6.81. The number of rotatable bonds is 3. The molecule has 0 radical (unpaired) electrons. The van der Waals surface area contributed by atoms with Crippen molar-refractivity contribution in [1.29, 1.82) is 0 Å². The van der Waals surface area contributed by atoms with Crippen LogP contribution in [0.1, 0.15) is 20.7 Å². The monoisotopic (exact) mass is 363 g/mol. The average Bonchev–Trinajstić information content (AvgIpc) is 2.60. The lowest BCUT2D eigenvalue weighted by molar-refractivity contribution is 0.0934. The van der Waals surface area contributed by atoms with Crippen LogP contribution in [0.25, 0.3) is 0 Å². The van der Waals surface area contributed by atoms with Crippen LogP contribution in [0.15, 0.2) is 48.5 Å². The van der Waals surface area contributed by atoms with E-state index in [0.29, 0.717) is 21.9 Å². The Morgan fingerprint density at radius 3 is 2.33 bits per heavy atom. The van der Waals surface area contributed by atoms with Crippen LogP contribution < -0.4 is 20.9 Å². The van der Waals surface area contributed by atoms with Crippen LogP contribution in [0, 0.1) is 0 Å². The van der Waals surface area contributed by atoms with Crippen LogP contribution in [0.4, 0.5) is 0 Å². The van der Waals surface area contributed by atoms with Gasteiger partial charge in [-0.25, -0.2) is 0 Å². The number of hydrogen-bond acceptors (Lipinski definition) is 4. The van der Waals surface area contributed by atoms with Crippen LogP contribution in [0.2, 0.25) is 5.02 Å². The quantitative estimate of drug-likeness (QED) is 0.576. The first kappa shape index (κ1) is 17.7. The first-order valence-corrected chi connectivity index (χ1v) is 7.60. The number of ether oxygens (including phenoxy) is 1. The van der Waals surface area contributed by atoms with Crippen molar-refractivity contribution in [3.8, 4) is 5.75 Å². The zero-order valence-electron chi connectivity index (χ0n) is 12.6. The summed E-state index contributed by atoms with van der Waals surface area (Å²) in [5.74, 6) is -0.450. The Hall–Kier alpha value is -2.64. The average molecular weight is 364 g/mol. The third-order valence-corrected chi connectivity index (χ3v) is 3.43. The topological polar surface area (TPSA) is 79.5 Å². The van der Waals surface area contributed by atoms with Crippen molar-refractivity contribution >= 4 is 40.7 Å². The Balaban J connectivity index is 1.90. The van der Waals surface area contributed by atoms with Gasteiger partial charge in [-0.2, -0.15) is 0 Å². The van der Waals surface area contributed by atoms with E-state index in [1.54, 1.807) is 48.5 Å². The largest absolute Gasteiger partial charge is 0.496 e. The molecule has 0 fully saturated rings. The molecule has 124 valence electrons. The highest BCUT2D eigenvalue weighted by atomic mass is 35.5. The molecular weight excluding hydrogens is 350 g/mol. The number of carbonyl (C=O) groups excluding carboxylic acids is 2. The molecule has 0 heterocycles. The number of methoxy groups -OCH3 is 1. The molecule has 0 saturated heterocycles. The summed E-state index contributed by atoms with van der Waals surface area (Å²) in [6, 6.07) is 13.0. The van der Waals surface area contributed by atoms with Crippen LogP contribution in [0.5, 0.6) is 5.75 Å². The standard InChI is InChI=1S/C16H14ClN3O3S/c1-23-13-5-3-2-4-12(13)15(22)18-16(24)20-19-14(21)10-6-8-11(17)9-7-10/h2-9H,1H3,(H,19,21)(H2,18,20,22,24). The number of nitrogens with one attached hydrogen (secondary N) is 3. The maximum atomic E-state index is 12.1. The molecule has 0 bridgehead atoms. The van der Waals surface area contributed by atoms with Gasteiger partial charge in [-0.15, -0.1) is 0 Å². The van der Waals surface area contributed by atoms with E-state index in [4.69, 9.17) is 28.6 Å². The summed E-state index contributed by atoms with van der Waals surface area (Å²) in [5, 5.41) is 2.93. The van der Waals surface area contributed by atoms with Gasteiger partial charge in [-0.05, 0) is 48.6 Å². The van der Waals surface area contributed by atoms with Gasteiger partial charge in [0.15, 0.2) is 5.11 Å². The van der Waals surface area contributed by atoms with E-state index in [0.717, 1.165) is 0 Å². The first-order chi connectivity index (χ1) is 11.5. The van der Waals surface area contributed by atoms with Gasteiger partial charge in [0, 0.05) is 10.6 Å². The van der Waals surface area contributed by atoms with Gasteiger partial charge in [-0.1, -0.05) is 23.7 Å². The van der Waals surface area contributed by atoms with E-state index in [1.165, 1.54) is 7.11 Å². The van der Waals surface area contributed by atoms with Gasteiger partial charge in [-0.3, -0.25) is 25.8 Å². The second kappa shape index (κ2) is 8.28. The van der Waals surface area contributed by atoms with Gasteiger partial charge < -0.3 is 4.74 Å². The fourth-order valence-corrected chi connectivity index (χ4v) is 2.09. The minimum Gasteiger partial charge on any atom is -0.496 e. The van der Waals surface area contributed by atoms with Crippen LogP contribution in [-0.2, 0) is 0 Å². The Morgan fingerprint density at radius 1 is 1.00 bits per heavy atom. The Bertz CT molecular complexity index is 765. The molecule has 2 aromatic carbocycles. The van der Waals surface area contributed by atoms with E-state index in [-0.39, 0.29) is 5.11 Å². The summed E-state index contributed by atoms with van der Waals surface area (Å²) in [7, 11) is 1.47. The molecule has 0 aromatic heterocycles. The van der Waals surface area contributed by atoms with E-state index in [2.05, 4.69) is 16.2 Å². The second-order valence-electron chi connectivity index (χ2n) is 4.57. The minimum atomic E-state index is -0.453. The molecule has 3 N–H and O–H groups in total. The molecule has 0 atom stereocenters. The highest BCUT2D eigenvalue weighted by Crippen LogP contribution is 2.16. The number of halogens is 1. The summed E-state index contributed by atoms with van der Waals surface area (Å²) in [4.78, 5) is 24.0. The molecule has 0 aliphatic carbocycles. The lowest BCUT2D eigenvalue weighted by Crippen LogP contribution is -2.48. The smallest absolute Gasteiger partial charge is 0.269 e. The number of carbonyl (C=O) groups is 2. The Kier molecular flexibility index (Phi) is 6.11. The molecule has 0 saturated carbocycles. The van der Waals surface area contributed by atoms with E-state index < -0.39 is 11.8 Å².